The minimum absolute atomic E-state index is 0.114. The quantitative estimate of drug-likeness (QED) is 0.228. The van der Waals surface area contributed by atoms with Crippen molar-refractivity contribution in [2.75, 3.05) is 11.9 Å². The van der Waals surface area contributed by atoms with Gasteiger partial charge in [-0.3, -0.25) is 19.3 Å². The molecule has 7 nitrogen and oxygen atoms in total. The summed E-state index contributed by atoms with van der Waals surface area (Å²) in [6.45, 7) is 3.76. The number of hydrogen-bond donors (Lipinski definition) is 1. The Morgan fingerprint density at radius 2 is 1.44 bits per heavy atom. The third-order valence-electron chi connectivity index (χ3n) is 6.57. The van der Waals surface area contributed by atoms with Gasteiger partial charge in [0.15, 0.2) is 0 Å². The number of benzene rings is 3. The van der Waals surface area contributed by atoms with Gasteiger partial charge in [-0.05, 0) is 37.1 Å². The highest BCUT2D eigenvalue weighted by atomic mass is 32.1. The van der Waals surface area contributed by atoms with E-state index in [-0.39, 0.29) is 29.7 Å². The van der Waals surface area contributed by atoms with Crippen molar-refractivity contribution >= 4 is 40.0 Å². The van der Waals surface area contributed by atoms with Gasteiger partial charge in [0, 0.05) is 16.9 Å². The highest BCUT2D eigenvalue weighted by Gasteiger charge is 2.43. The molecule has 1 aliphatic rings. The Morgan fingerprint density at radius 1 is 0.872 bits per heavy atom. The van der Waals surface area contributed by atoms with E-state index in [1.807, 2.05) is 67.6 Å². The Balaban J connectivity index is 1.55. The number of imide groups is 1. The minimum atomic E-state index is -1.14. The summed E-state index contributed by atoms with van der Waals surface area (Å²) < 4.78 is 5.36. The molecule has 196 valence electrons. The molecule has 0 saturated carbocycles. The van der Waals surface area contributed by atoms with Crippen LogP contribution in [-0.4, -0.2) is 41.2 Å². The van der Waals surface area contributed by atoms with Gasteiger partial charge >= 0.3 is 5.97 Å². The summed E-state index contributed by atoms with van der Waals surface area (Å²) in [6.07, 6.45) is 0.114. The monoisotopic (exact) mass is 538 g/mol. The number of esters is 1. The van der Waals surface area contributed by atoms with E-state index >= 15 is 0 Å². The van der Waals surface area contributed by atoms with E-state index in [0.29, 0.717) is 10.6 Å². The molecule has 0 fully saturated rings. The lowest BCUT2D eigenvalue weighted by Gasteiger charge is -2.25. The molecular weight excluding hydrogens is 512 g/mol. The normalized spacial score (nSPS) is 13.2. The Bertz CT molecular complexity index is 1530. The summed E-state index contributed by atoms with van der Waals surface area (Å²) in [5.41, 5.74) is 3.05. The topological polar surface area (TPSA) is 92.8 Å². The molecule has 1 unspecified atom stereocenters. The average molecular weight is 539 g/mol. The summed E-state index contributed by atoms with van der Waals surface area (Å²) in [5, 5.41) is 3.19. The molecular formula is C31H26N2O5S. The molecule has 1 atom stereocenters. The number of ether oxygens (including phenoxy) is 1. The van der Waals surface area contributed by atoms with Gasteiger partial charge in [0.25, 0.3) is 11.8 Å². The van der Waals surface area contributed by atoms with Crippen LogP contribution in [0, 0.1) is 6.92 Å². The third-order valence-corrected chi connectivity index (χ3v) is 7.60. The lowest BCUT2D eigenvalue weighted by atomic mass is 10.0. The molecule has 5 rings (SSSR count). The number of anilines is 1. The maximum absolute atomic E-state index is 13.9. The van der Waals surface area contributed by atoms with E-state index in [0.717, 1.165) is 20.9 Å². The van der Waals surface area contributed by atoms with Gasteiger partial charge in [0.05, 0.1) is 17.7 Å². The molecule has 0 saturated heterocycles. The first kappa shape index (κ1) is 26.1. The predicted octanol–water partition coefficient (Wildman–Crippen LogP) is 5.75. The second-order valence-electron chi connectivity index (χ2n) is 9.04. The van der Waals surface area contributed by atoms with Crippen molar-refractivity contribution < 1.29 is 23.9 Å². The van der Waals surface area contributed by atoms with Gasteiger partial charge in [0.1, 0.15) is 16.6 Å². The van der Waals surface area contributed by atoms with E-state index in [2.05, 4.69) is 5.32 Å². The molecule has 3 aromatic carbocycles. The van der Waals surface area contributed by atoms with Crippen molar-refractivity contribution in [1.29, 1.82) is 0 Å². The minimum Gasteiger partial charge on any atom is -0.462 e. The second-order valence-corrected chi connectivity index (χ2v) is 10.3. The average Bonchev–Trinajstić information content (AvgIpc) is 3.41. The zero-order chi connectivity index (χ0) is 27.5. The maximum atomic E-state index is 13.9. The summed E-state index contributed by atoms with van der Waals surface area (Å²) in [7, 11) is 0. The van der Waals surface area contributed by atoms with Gasteiger partial charge in [-0.25, -0.2) is 4.79 Å². The fourth-order valence-corrected chi connectivity index (χ4v) is 5.88. The lowest BCUT2D eigenvalue weighted by Crippen LogP contribution is -2.48. The molecule has 1 N–H and O–H groups in total. The number of aryl methyl sites for hydroxylation is 1. The first-order valence-corrected chi connectivity index (χ1v) is 13.4. The summed E-state index contributed by atoms with van der Waals surface area (Å²) >= 11 is 1.25. The Hall–Kier alpha value is -4.56. The van der Waals surface area contributed by atoms with E-state index < -0.39 is 29.7 Å². The zero-order valence-electron chi connectivity index (χ0n) is 21.5. The molecule has 39 heavy (non-hydrogen) atoms. The van der Waals surface area contributed by atoms with Crippen molar-refractivity contribution in [3.05, 3.63) is 112 Å². The number of nitrogens with one attached hydrogen (secondary N) is 1. The first-order chi connectivity index (χ1) is 18.9. The van der Waals surface area contributed by atoms with Gasteiger partial charge in [-0.15, -0.1) is 11.3 Å². The van der Waals surface area contributed by atoms with Crippen LogP contribution < -0.4 is 5.32 Å². The van der Waals surface area contributed by atoms with Crippen LogP contribution in [0.2, 0.25) is 0 Å². The second kappa shape index (κ2) is 11.0. The highest BCUT2D eigenvalue weighted by Crippen LogP contribution is 2.40. The smallest absolute Gasteiger partial charge is 0.341 e. The number of amides is 3. The molecule has 2 heterocycles. The fraction of sp³-hybridized carbons (Fsp3) is 0.161. The van der Waals surface area contributed by atoms with Gasteiger partial charge in [-0.2, -0.15) is 0 Å². The number of hydrogen-bond acceptors (Lipinski definition) is 6. The van der Waals surface area contributed by atoms with Crippen molar-refractivity contribution in [1.82, 2.24) is 4.90 Å². The molecule has 4 aromatic rings. The van der Waals surface area contributed by atoms with E-state index in [1.54, 1.807) is 31.2 Å². The lowest BCUT2D eigenvalue weighted by molar-refractivity contribution is -0.119. The number of nitrogens with zero attached hydrogens (tertiary/aromatic N) is 1. The Kier molecular flexibility index (Phi) is 7.38. The van der Waals surface area contributed by atoms with E-state index in [1.165, 1.54) is 11.3 Å². The van der Waals surface area contributed by atoms with Crippen LogP contribution in [0.25, 0.3) is 11.1 Å². The van der Waals surface area contributed by atoms with Crippen LogP contribution >= 0.6 is 11.3 Å². The third kappa shape index (κ3) is 4.98. The van der Waals surface area contributed by atoms with Gasteiger partial charge < -0.3 is 10.1 Å². The number of carbonyl (C=O) groups is 4. The van der Waals surface area contributed by atoms with Crippen molar-refractivity contribution in [2.45, 2.75) is 26.3 Å². The van der Waals surface area contributed by atoms with Crippen LogP contribution in [-0.2, 0) is 16.0 Å². The summed E-state index contributed by atoms with van der Waals surface area (Å²) in [4.78, 5) is 55.6. The molecule has 0 spiro atoms. The van der Waals surface area contributed by atoms with Crippen LogP contribution in [0.1, 0.15) is 48.4 Å². The standard InChI is InChI=1S/C31H26N2O5S/c1-3-38-31(37)26-25(21-14-8-5-9-15-21)19(2)39-28(26)32-27(34)24(18-20-12-6-4-7-13-20)33-29(35)22-16-10-11-17-23(22)30(33)36/h4-17,24H,3,18H2,1-2H3,(H,32,34). The molecule has 8 heteroatoms. The fourth-order valence-electron chi connectivity index (χ4n) is 4.81. The predicted molar refractivity (Wildman–Crippen MR) is 150 cm³/mol. The largest absolute Gasteiger partial charge is 0.462 e. The van der Waals surface area contributed by atoms with E-state index in [4.69, 9.17) is 4.74 Å². The highest BCUT2D eigenvalue weighted by molar-refractivity contribution is 7.17. The van der Waals surface area contributed by atoms with Gasteiger partial charge in [-0.1, -0.05) is 72.8 Å². The molecule has 0 radical (unpaired) electrons. The number of carbonyl (C=O) groups excluding carboxylic acids is 4. The van der Waals surface area contributed by atoms with Crippen molar-refractivity contribution in [3.63, 3.8) is 0 Å². The van der Waals surface area contributed by atoms with Gasteiger partial charge in [0.2, 0.25) is 5.91 Å². The molecule has 0 aliphatic carbocycles. The van der Waals surface area contributed by atoms with Crippen LogP contribution in [0.15, 0.2) is 84.9 Å². The first-order valence-electron chi connectivity index (χ1n) is 12.6. The number of fused-ring (bicyclic) bond motifs is 1. The molecule has 1 aromatic heterocycles. The number of thiophene rings is 1. The summed E-state index contributed by atoms with van der Waals surface area (Å²) in [6, 6.07) is 24.0. The van der Waals surface area contributed by atoms with Crippen molar-refractivity contribution in [3.8, 4) is 11.1 Å². The van der Waals surface area contributed by atoms with E-state index in [9.17, 15) is 19.2 Å². The maximum Gasteiger partial charge on any atom is 0.341 e. The van der Waals surface area contributed by atoms with Crippen LogP contribution in [0.3, 0.4) is 0 Å². The molecule has 3 amide bonds. The SMILES string of the molecule is CCOC(=O)c1c(NC(=O)C(Cc2ccccc2)N2C(=O)c3ccccc3C2=O)sc(C)c1-c1ccccc1. The Morgan fingerprint density at radius 3 is 2.03 bits per heavy atom. The van der Waals surface area contributed by atoms with Crippen molar-refractivity contribution in [2.24, 2.45) is 0 Å². The van der Waals surface area contributed by atoms with Crippen LogP contribution in [0.4, 0.5) is 5.00 Å². The zero-order valence-corrected chi connectivity index (χ0v) is 22.3. The molecule has 0 bridgehead atoms. The van der Waals surface area contributed by atoms with Crippen LogP contribution in [0.5, 0.6) is 0 Å². The number of rotatable bonds is 8. The Labute approximate surface area is 230 Å². The summed E-state index contributed by atoms with van der Waals surface area (Å²) in [5.74, 6) is -2.18. The molecule has 1 aliphatic heterocycles.